The first kappa shape index (κ1) is 26.8. The van der Waals surface area contributed by atoms with Crippen LogP contribution in [0.15, 0.2) is 59.7 Å². The number of amides is 1. The number of halogens is 1. The molecule has 0 aliphatic carbocycles. The van der Waals surface area contributed by atoms with Gasteiger partial charge >= 0.3 is 0 Å². The molecule has 2 N–H and O–H groups in total. The average molecular weight is 547 g/mol. The highest BCUT2D eigenvalue weighted by molar-refractivity contribution is 6.47. The predicted molar refractivity (Wildman–Crippen MR) is 155 cm³/mol. The lowest BCUT2D eigenvalue weighted by molar-refractivity contribution is -0.112. The van der Waals surface area contributed by atoms with Crippen LogP contribution in [0.4, 0.5) is 10.1 Å². The molecule has 6 rings (SSSR count). The molecule has 8 nitrogen and oxygen atoms in total. The Bertz CT molecular complexity index is 1430. The summed E-state index contributed by atoms with van der Waals surface area (Å²) in [5.74, 6) is 0.0271. The zero-order valence-electron chi connectivity index (χ0n) is 23.0. The van der Waals surface area contributed by atoms with E-state index in [0.717, 1.165) is 99.6 Å². The minimum Gasteiger partial charge on any atom is -0.491 e. The normalized spacial score (nSPS) is 22.3. The molecule has 0 saturated carbocycles. The van der Waals surface area contributed by atoms with E-state index in [1.807, 2.05) is 30.3 Å². The highest BCUT2D eigenvalue weighted by Gasteiger charge is 2.51. The van der Waals surface area contributed by atoms with E-state index in [1.54, 1.807) is 13.2 Å². The summed E-state index contributed by atoms with van der Waals surface area (Å²) in [5.41, 5.74) is 9.16. The van der Waals surface area contributed by atoms with Gasteiger partial charge in [-0.25, -0.2) is 4.39 Å². The minimum atomic E-state index is -0.505. The lowest BCUT2D eigenvalue weighted by Crippen LogP contribution is -2.58. The van der Waals surface area contributed by atoms with E-state index in [2.05, 4.69) is 21.9 Å². The number of primary amides is 1. The van der Waals surface area contributed by atoms with Crippen molar-refractivity contribution in [3.63, 3.8) is 0 Å². The molecule has 0 spiro atoms. The van der Waals surface area contributed by atoms with E-state index in [1.165, 1.54) is 11.6 Å². The van der Waals surface area contributed by atoms with E-state index in [0.29, 0.717) is 10.3 Å². The molecule has 9 heteroatoms. The van der Waals surface area contributed by atoms with Crippen LogP contribution in [0.2, 0.25) is 0 Å². The summed E-state index contributed by atoms with van der Waals surface area (Å²) in [7, 11) is 1.68. The fourth-order valence-corrected chi connectivity index (χ4v) is 6.60. The van der Waals surface area contributed by atoms with Gasteiger partial charge in [-0.05, 0) is 46.7 Å². The van der Waals surface area contributed by atoms with Crippen molar-refractivity contribution >= 4 is 28.1 Å². The van der Waals surface area contributed by atoms with Gasteiger partial charge in [0.2, 0.25) is 5.69 Å². The van der Waals surface area contributed by atoms with Crippen LogP contribution in [-0.2, 0) is 16.1 Å². The predicted octanol–water partition coefficient (Wildman–Crippen LogP) is 3.49. The number of likely N-dealkylation sites (tertiary alicyclic amines) is 1. The Labute approximate surface area is 234 Å². The van der Waals surface area contributed by atoms with Crippen LogP contribution in [0.3, 0.4) is 0 Å². The Morgan fingerprint density at radius 1 is 1.05 bits per heavy atom. The van der Waals surface area contributed by atoms with Crippen LogP contribution in [0.1, 0.15) is 24.0 Å². The summed E-state index contributed by atoms with van der Waals surface area (Å²) >= 11 is 0. The molecule has 40 heavy (non-hydrogen) atoms. The largest absolute Gasteiger partial charge is 0.491 e. The number of hydrogen-bond donors (Lipinski definition) is 1. The first-order valence-corrected chi connectivity index (χ1v) is 14.1. The van der Waals surface area contributed by atoms with E-state index < -0.39 is 5.91 Å². The van der Waals surface area contributed by atoms with Crippen molar-refractivity contribution in [2.45, 2.75) is 25.4 Å². The van der Waals surface area contributed by atoms with Gasteiger partial charge in [0.05, 0.1) is 32.4 Å². The molecule has 210 valence electrons. The van der Waals surface area contributed by atoms with Gasteiger partial charge in [-0.1, -0.05) is 29.4 Å². The Morgan fingerprint density at radius 2 is 1.80 bits per heavy atom. The molecule has 3 heterocycles. The van der Waals surface area contributed by atoms with E-state index in [4.69, 9.17) is 20.3 Å². The number of carbonyl (C=O) groups is 1. The topological polar surface area (TPSA) is 80.4 Å². The lowest BCUT2D eigenvalue weighted by Gasteiger charge is -2.42. The number of benzene rings is 3. The molecule has 0 radical (unpaired) electrons. The maximum Gasteiger partial charge on any atom is 0.273 e. The lowest BCUT2D eigenvalue weighted by atomic mass is 9.98. The van der Waals surface area contributed by atoms with Gasteiger partial charge in [-0.15, -0.1) is 0 Å². The number of quaternary nitrogens is 1. The number of ether oxygens (including phenoxy) is 2. The molecule has 1 unspecified atom stereocenters. The first-order valence-electron chi connectivity index (χ1n) is 14.1. The molecule has 2 fully saturated rings. The van der Waals surface area contributed by atoms with Crippen molar-refractivity contribution < 1.29 is 18.7 Å². The third-order valence-corrected chi connectivity index (χ3v) is 8.67. The number of morpholine rings is 1. The maximum absolute atomic E-state index is 13.6. The number of rotatable bonds is 8. The summed E-state index contributed by atoms with van der Waals surface area (Å²) in [4.78, 5) is 17.5. The molecule has 3 aromatic carbocycles. The molecular formula is C31H37FN5O3+. The van der Waals surface area contributed by atoms with Crippen LogP contribution in [0, 0.1) is 5.82 Å². The Balaban J connectivity index is 1.26. The molecule has 3 aliphatic heterocycles. The fourth-order valence-electron chi connectivity index (χ4n) is 6.60. The van der Waals surface area contributed by atoms with Crippen molar-refractivity contribution in [3.8, 4) is 5.75 Å². The first-order chi connectivity index (χ1) is 19.5. The zero-order valence-corrected chi connectivity index (χ0v) is 23.0. The Hall–Kier alpha value is -3.37. The van der Waals surface area contributed by atoms with E-state index in [9.17, 15) is 9.18 Å². The average Bonchev–Trinajstić information content (AvgIpc) is 3.33. The van der Waals surface area contributed by atoms with E-state index in [-0.39, 0.29) is 11.9 Å². The number of nitrogens with zero attached hydrogens (tertiary/aromatic N) is 4. The maximum atomic E-state index is 13.6. The van der Waals surface area contributed by atoms with Gasteiger partial charge in [0, 0.05) is 45.6 Å². The van der Waals surface area contributed by atoms with Crippen LogP contribution >= 0.6 is 0 Å². The van der Waals surface area contributed by atoms with Crippen molar-refractivity contribution in [3.05, 3.63) is 71.5 Å². The molecule has 2 saturated heterocycles. The standard InChI is InChI=1S/C31H36FN5O3/c1-39-28-4-2-3-27-29(31(33)38)34-37(30(27)28,16-13-35-14-17-40-18-15-35)26-9-11-36(12-10-26)21-22-5-6-24-20-25(32)8-7-23(24)19-22/h2-8,19-20,26H,9-18,21H2,1H3,(H-,33,38)/p+1. The van der Waals surface area contributed by atoms with Crippen LogP contribution in [-0.4, -0.2) is 87.1 Å². The van der Waals surface area contributed by atoms with E-state index >= 15 is 0 Å². The molecule has 3 aromatic rings. The summed E-state index contributed by atoms with van der Waals surface area (Å²) in [6.45, 7) is 7.48. The number of carbonyl (C=O) groups excluding carboxylic acids is 1. The molecule has 0 bridgehead atoms. The van der Waals surface area contributed by atoms with Crippen molar-refractivity contribution in [1.82, 2.24) is 14.4 Å². The summed E-state index contributed by atoms with van der Waals surface area (Å²) < 4.78 is 25.4. The monoisotopic (exact) mass is 546 g/mol. The van der Waals surface area contributed by atoms with Crippen molar-refractivity contribution in [2.24, 2.45) is 10.8 Å². The SMILES string of the molecule is COc1cccc2c1[N+](CCN1CCOCC1)(C1CCN(Cc3ccc4cc(F)ccc4c3)CC1)N=C2C(N)=O. The van der Waals surface area contributed by atoms with Gasteiger partial charge in [0.25, 0.3) is 5.91 Å². The quantitative estimate of drug-likeness (QED) is 0.438. The smallest absolute Gasteiger partial charge is 0.273 e. The zero-order chi connectivity index (χ0) is 27.7. The summed E-state index contributed by atoms with van der Waals surface area (Å²) in [5, 5.41) is 7.11. The second-order valence-corrected chi connectivity index (χ2v) is 11.0. The highest BCUT2D eigenvalue weighted by atomic mass is 19.1. The van der Waals surface area contributed by atoms with Crippen LogP contribution in [0.5, 0.6) is 5.75 Å². The van der Waals surface area contributed by atoms with Gasteiger partial charge in [0.15, 0.2) is 11.5 Å². The molecular weight excluding hydrogens is 509 g/mol. The third kappa shape index (κ3) is 5.10. The minimum absolute atomic E-state index is 0.184. The van der Waals surface area contributed by atoms with Gasteiger partial charge in [-0.2, -0.15) is 4.59 Å². The Morgan fingerprint density at radius 3 is 2.55 bits per heavy atom. The summed E-state index contributed by atoms with van der Waals surface area (Å²) in [6, 6.07) is 17.2. The second kappa shape index (κ2) is 11.2. The van der Waals surface area contributed by atoms with Gasteiger partial charge in [0.1, 0.15) is 18.4 Å². The third-order valence-electron chi connectivity index (χ3n) is 8.67. The summed E-state index contributed by atoms with van der Waals surface area (Å²) in [6.07, 6.45) is 1.85. The number of methoxy groups -OCH3 is 1. The number of hydrogen-bond acceptors (Lipinski definition) is 6. The van der Waals surface area contributed by atoms with Crippen LogP contribution in [0.25, 0.3) is 10.8 Å². The van der Waals surface area contributed by atoms with Gasteiger partial charge < -0.3 is 15.2 Å². The highest BCUT2D eigenvalue weighted by Crippen LogP contribution is 2.46. The molecule has 3 aliphatic rings. The molecule has 1 atom stereocenters. The molecule has 1 amide bonds. The van der Waals surface area contributed by atoms with Crippen molar-refractivity contribution in [2.75, 3.05) is 59.6 Å². The number of fused-ring (bicyclic) bond motifs is 2. The van der Waals surface area contributed by atoms with Crippen LogP contribution < -0.4 is 15.1 Å². The fraction of sp³-hybridized carbons (Fsp3) is 0.419. The van der Waals surface area contributed by atoms with Gasteiger partial charge in [-0.3, -0.25) is 14.6 Å². The number of para-hydroxylation sites is 1. The van der Waals surface area contributed by atoms with Crippen molar-refractivity contribution in [1.29, 1.82) is 0 Å². The second-order valence-electron chi connectivity index (χ2n) is 11.0. The number of piperidine rings is 1. The number of nitrogens with two attached hydrogens (primary N) is 1. The Kier molecular flexibility index (Phi) is 7.55. The molecule has 0 aromatic heterocycles.